The molecule has 3 atom stereocenters. The molecule has 0 bridgehead atoms. The molecule has 5 heteroatoms. The number of halogens is 1. The van der Waals surface area contributed by atoms with Crippen molar-refractivity contribution in [2.45, 2.75) is 32.1 Å². The molecule has 4 aromatic rings. The van der Waals surface area contributed by atoms with Gasteiger partial charge in [0.25, 0.3) is 0 Å². The van der Waals surface area contributed by atoms with Gasteiger partial charge in [0.1, 0.15) is 11.9 Å². The largest absolute Gasteiger partial charge is 0.293 e. The van der Waals surface area contributed by atoms with E-state index in [-0.39, 0.29) is 29.0 Å². The maximum absolute atomic E-state index is 14.4. The molecule has 6 rings (SSSR count). The van der Waals surface area contributed by atoms with Crippen LogP contribution < -0.4 is 0 Å². The summed E-state index contributed by atoms with van der Waals surface area (Å²) in [5.74, 6) is -0.508. The molecule has 0 radical (unpaired) electrons. The molecule has 0 saturated heterocycles. The van der Waals surface area contributed by atoms with Crippen LogP contribution in [0.15, 0.2) is 90.5 Å². The lowest BCUT2D eigenvalue weighted by Gasteiger charge is -2.45. The number of carbonyl (C=O) groups excluding carboxylic acids is 1. The number of nitrogens with zero attached hydrogens (tertiary/aromatic N) is 3. The number of Topliss-reactive ketones (excluding diaryl/α,β-unsaturated/α-hetero) is 1. The lowest BCUT2D eigenvalue weighted by molar-refractivity contribution is -0.121. The van der Waals surface area contributed by atoms with E-state index in [1.807, 2.05) is 66.2 Å². The fourth-order valence-electron chi connectivity index (χ4n) is 6.34. The molecule has 3 aromatic carbocycles. The summed E-state index contributed by atoms with van der Waals surface area (Å²) in [5.41, 5.74) is 6.02. The van der Waals surface area contributed by atoms with Crippen molar-refractivity contribution < 1.29 is 9.18 Å². The molecule has 0 N–H and O–H groups in total. The number of fused-ring (bicyclic) bond motifs is 3. The van der Waals surface area contributed by atoms with E-state index in [1.54, 1.807) is 12.1 Å². The number of carbonyl (C=O) groups is 1. The Morgan fingerprint density at radius 3 is 2.41 bits per heavy atom. The number of benzene rings is 3. The number of ketones is 1. The summed E-state index contributed by atoms with van der Waals surface area (Å²) in [7, 11) is 0. The molecule has 2 aliphatic carbocycles. The first-order valence-electron chi connectivity index (χ1n) is 12.6. The van der Waals surface area contributed by atoms with E-state index in [0.29, 0.717) is 5.56 Å². The smallest absolute Gasteiger partial charge is 0.176 e. The Morgan fingerprint density at radius 2 is 1.70 bits per heavy atom. The first kappa shape index (κ1) is 23.1. The summed E-state index contributed by atoms with van der Waals surface area (Å²) in [5, 5.41) is 14.9. The van der Waals surface area contributed by atoms with Gasteiger partial charge in [0.15, 0.2) is 5.78 Å². The molecule has 0 saturated carbocycles. The van der Waals surface area contributed by atoms with Crippen molar-refractivity contribution >= 4 is 5.78 Å². The van der Waals surface area contributed by atoms with Crippen molar-refractivity contribution in [1.82, 2.24) is 9.78 Å². The summed E-state index contributed by atoms with van der Waals surface area (Å²) in [6, 6.07) is 26.8. The molecule has 0 spiro atoms. The Morgan fingerprint density at radius 1 is 1.00 bits per heavy atom. The van der Waals surface area contributed by atoms with Crippen LogP contribution in [0.1, 0.15) is 31.5 Å². The maximum Gasteiger partial charge on any atom is 0.176 e. The Balaban J connectivity index is 1.57. The second-order valence-electron chi connectivity index (χ2n) is 10.2. The number of nitriles is 1. The first-order valence-corrected chi connectivity index (χ1v) is 12.6. The van der Waals surface area contributed by atoms with Crippen LogP contribution in [0, 0.1) is 29.0 Å². The number of allylic oxidation sites excluding steroid dienone is 2. The molecule has 37 heavy (non-hydrogen) atoms. The highest BCUT2D eigenvalue weighted by molar-refractivity contribution is 6.02. The topological polar surface area (TPSA) is 58.7 Å². The highest BCUT2D eigenvalue weighted by Gasteiger charge is 2.50. The van der Waals surface area contributed by atoms with E-state index in [2.05, 4.69) is 25.1 Å². The van der Waals surface area contributed by atoms with Gasteiger partial charge in [-0.05, 0) is 42.5 Å². The number of aromatic nitrogens is 2. The summed E-state index contributed by atoms with van der Waals surface area (Å²) in [4.78, 5) is 12.9. The van der Waals surface area contributed by atoms with Gasteiger partial charge < -0.3 is 0 Å². The molecule has 2 aliphatic rings. The fraction of sp³-hybridized carbons (Fsp3) is 0.219. The van der Waals surface area contributed by atoms with E-state index in [0.717, 1.165) is 46.6 Å². The van der Waals surface area contributed by atoms with Crippen LogP contribution >= 0.6 is 0 Å². The monoisotopic (exact) mass is 487 g/mol. The summed E-state index contributed by atoms with van der Waals surface area (Å²) in [6.07, 6.45) is 3.53. The fourth-order valence-corrected chi connectivity index (χ4v) is 6.34. The molecular formula is C32H26FN3O. The van der Waals surface area contributed by atoms with Crippen LogP contribution in [0.5, 0.6) is 0 Å². The van der Waals surface area contributed by atoms with Gasteiger partial charge in [0.05, 0.1) is 22.6 Å². The van der Waals surface area contributed by atoms with Crippen molar-refractivity contribution in [3.05, 3.63) is 108 Å². The van der Waals surface area contributed by atoms with Crippen LogP contribution in [0.4, 0.5) is 4.39 Å². The molecule has 0 unspecified atom stereocenters. The number of hydrogen-bond donors (Lipinski definition) is 0. The van der Waals surface area contributed by atoms with Crippen molar-refractivity contribution in [3.63, 3.8) is 0 Å². The van der Waals surface area contributed by atoms with Crippen molar-refractivity contribution in [2.24, 2.45) is 11.8 Å². The van der Waals surface area contributed by atoms with Crippen molar-refractivity contribution in [2.75, 3.05) is 0 Å². The maximum atomic E-state index is 14.4. The Kier molecular flexibility index (Phi) is 5.42. The highest BCUT2D eigenvalue weighted by Crippen LogP contribution is 2.52. The molecule has 1 heterocycles. The Labute approximate surface area is 215 Å². The van der Waals surface area contributed by atoms with Crippen molar-refractivity contribution in [1.29, 1.82) is 5.26 Å². The number of rotatable bonds is 3. The van der Waals surface area contributed by atoms with Crippen LogP contribution in [-0.4, -0.2) is 15.6 Å². The van der Waals surface area contributed by atoms with Gasteiger partial charge in [-0.15, -0.1) is 0 Å². The zero-order valence-corrected chi connectivity index (χ0v) is 20.8. The zero-order valence-electron chi connectivity index (χ0n) is 20.8. The van der Waals surface area contributed by atoms with E-state index < -0.39 is 5.41 Å². The molecule has 1 aromatic heterocycles. The lowest BCUT2D eigenvalue weighted by Crippen LogP contribution is -2.46. The minimum absolute atomic E-state index is 0.0707. The SMILES string of the molecule is C[C@H]1C(=O)C(C#N)=C[C@@]2(C)c3c(c(-c4ccccc4)nn3-c3ccc(-c4ccccc4F)cc3)CC[C@H]12. The third-order valence-electron chi connectivity index (χ3n) is 8.16. The molecule has 182 valence electrons. The summed E-state index contributed by atoms with van der Waals surface area (Å²) < 4.78 is 16.4. The molecule has 0 fully saturated rings. The van der Waals surface area contributed by atoms with Gasteiger partial charge in [-0.3, -0.25) is 4.79 Å². The van der Waals surface area contributed by atoms with Crippen LogP contribution in [0.3, 0.4) is 0 Å². The quantitative estimate of drug-likeness (QED) is 0.318. The predicted molar refractivity (Wildman–Crippen MR) is 141 cm³/mol. The predicted octanol–water partition coefficient (Wildman–Crippen LogP) is 6.83. The van der Waals surface area contributed by atoms with E-state index in [1.165, 1.54) is 6.07 Å². The van der Waals surface area contributed by atoms with Gasteiger partial charge in [0.2, 0.25) is 0 Å². The van der Waals surface area contributed by atoms with E-state index in [4.69, 9.17) is 5.10 Å². The van der Waals surface area contributed by atoms with Gasteiger partial charge in [0, 0.05) is 28.0 Å². The summed E-state index contributed by atoms with van der Waals surface area (Å²) in [6.45, 7) is 4.08. The average Bonchev–Trinajstić information content (AvgIpc) is 3.33. The highest BCUT2D eigenvalue weighted by atomic mass is 19.1. The minimum Gasteiger partial charge on any atom is -0.293 e. The average molecular weight is 488 g/mol. The van der Waals surface area contributed by atoms with Gasteiger partial charge in [-0.1, -0.05) is 80.6 Å². The first-order chi connectivity index (χ1) is 17.9. The third-order valence-corrected chi connectivity index (χ3v) is 8.16. The third kappa shape index (κ3) is 3.55. The standard InChI is InChI=1S/C32H26FN3O/c1-20-27-17-16-26-29(22-8-4-3-5-9-22)35-36(31(26)32(27,2)18-23(19-34)30(20)37)24-14-12-21(13-15-24)25-10-6-7-11-28(25)33/h3-15,18,20,27H,16-17H2,1-2H3/t20-,27-,32-/m1/s1. The summed E-state index contributed by atoms with van der Waals surface area (Å²) >= 11 is 0. The molecule has 0 aliphatic heterocycles. The second kappa shape index (κ2) is 8.67. The molecular weight excluding hydrogens is 461 g/mol. The van der Waals surface area contributed by atoms with E-state index >= 15 is 0 Å². The van der Waals surface area contributed by atoms with Gasteiger partial charge in [-0.2, -0.15) is 10.4 Å². The van der Waals surface area contributed by atoms with E-state index in [9.17, 15) is 14.4 Å². The van der Waals surface area contributed by atoms with Crippen LogP contribution in [0.25, 0.3) is 28.1 Å². The Hall–Kier alpha value is -4.30. The Bertz CT molecular complexity index is 1590. The van der Waals surface area contributed by atoms with Crippen LogP contribution in [0.2, 0.25) is 0 Å². The van der Waals surface area contributed by atoms with Gasteiger partial charge in [-0.25, -0.2) is 9.07 Å². The van der Waals surface area contributed by atoms with Crippen LogP contribution in [-0.2, 0) is 16.6 Å². The van der Waals surface area contributed by atoms with Gasteiger partial charge >= 0.3 is 0 Å². The number of hydrogen-bond acceptors (Lipinski definition) is 3. The normalized spacial score (nSPS) is 22.5. The molecule has 4 nitrogen and oxygen atoms in total. The minimum atomic E-state index is -0.532. The zero-order chi connectivity index (χ0) is 25.7. The lowest BCUT2D eigenvalue weighted by atomic mass is 9.57. The molecule has 0 amide bonds. The second-order valence-corrected chi connectivity index (χ2v) is 10.2. The van der Waals surface area contributed by atoms with Crippen molar-refractivity contribution in [3.8, 4) is 34.1 Å².